The molecule has 1 aliphatic heterocycles. The fourth-order valence-corrected chi connectivity index (χ4v) is 2.86. The van der Waals surface area contributed by atoms with E-state index in [0.717, 1.165) is 16.9 Å². The Morgan fingerprint density at radius 1 is 1.07 bits per heavy atom. The van der Waals surface area contributed by atoms with Crippen molar-refractivity contribution in [2.24, 2.45) is 0 Å². The summed E-state index contributed by atoms with van der Waals surface area (Å²) in [7, 11) is 2.95. The van der Waals surface area contributed by atoms with Crippen LogP contribution in [0.5, 0.6) is 5.75 Å². The highest BCUT2D eigenvalue weighted by atomic mass is 16.5. The summed E-state index contributed by atoms with van der Waals surface area (Å²) in [6.07, 6.45) is 1.70. The number of nitrogens with zero attached hydrogens (tertiary/aromatic N) is 1. The van der Waals surface area contributed by atoms with Crippen LogP contribution in [0.25, 0.3) is 6.08 Å². The monoisotopic (exact) mass is 363 g/mol. The Labute approximate surface area is 158 Å². The number of hydrogen-bond donors (Lipinski definition) is 0. The maximum Gasteiger partial charge on any atom is 0.340 e. The summed E-state index contributed by atoms with van der Waals surface area (Å²) in [5, 5.41) is 0. The van der Waals surface area contributed by atoms with Gasteiger partial charge >= 0.3 is 5.97 Å². The van der Waals surface area contributed by atoms with Crippen molar-refractivity contribution in [3.63, 3.8) is 0 Å². The number of carbonyl (C=O) groups is 2. The number of amides is 1. The Bertz CT molecular complexity index is 911. The molecule has 3 rings (SSSR count). The normalized spacial score (nSPS) is 15.4. The lowest BCUT2D eigenvalue weighted by atomic mass is 10.0. The van der Waals surface area contributed by atoms with Gasteiger partial charge in [0.2, 0.25) is 0 Å². The fraction of sp³-hybridized carbons (Fsp3) is 0.182. The van der Waals surface area contributed by atoms with Crippen molar-refractivity contribution in [1.29, 1.82) is 0 Å². The highest BCUT2D eigenvalue weighted by Gasteiger charge is 2.34. The third-order valence-electron chi connectivity index (χ3n) is 4.50. The zero-order chi connectivity index (χ0) is 19.4. The lowest BCUT2D eigenvalue weighted by Gasteiger charge is -2.09. The van der Waals surface area contributed by atoms with E-state index in [0.29, 0.717) is 23.5 Å². The summed E-state index contributed by atoms with van der Waals surface area (Å²) in [5.74, 6) is -0.00708. The molecule has 2 aromatic rings. The van der Waals surface area contributed by atoms with Gasteiger partial charge in [-0.05, 0) is 36.3 Å². The summed E-state index contributed by atoms with van der Waals surface area (Å²) in [6.45, 7) is 2.21. The number of ether oxygens (including phenoxy) is 2. The molecule has 1 aliphatic rings. The molecule has 0 aliphatic carbocycles. The predicted molar refractivity (Wildman–Crippen MR) is 103 cm³/mol. The van der Waals surface area contributed by atoms with Gasteiger partial charge in [-0.15, -0.1) is 0 Å². The minimum absolute atomic E-state index is 0.225. The molecule has 5 nitrogen and oxygen atoms in total. The van der Waals surface area contributed by atoms with E-state index in [4.69, 9.17) is 9.47 Å². The maximum absolute atomic E-state index is 12.5. The Balaban J connectivity index is 1.78. The molecular formula is C22H21NO4. The molecule has 0 N–H and O–H groups in total. The maximum atomic E-state index is 12.5. The summed E-state index contributed by atoms with van der Waals surface area (Å²) < 4.78 is 10.6. The molecule has 0 atom stereocenters. The molecule has 0 spiro atoms. The van der Waals surface area contributed by atoms with Gasteiger partial charge < -0.3 is 14.4 Å². The number of rotatable bonds is 5. The number of carbonyl (C=O) groups excluding carboxylic acids is 2. The first-order valence-electron chi connectivity index (χ1n) is 8.57. The zero-order valence-corrected chi connectivity index (χ0v) is 15.6. The van der Waals surface area contributed by atoms with Crippen LogP contribution in [0.3, 0.4) is 0 Å². The van der Waals surface area contributed by atoms with E-state index < -0.39 is 5.97 Å². The van der Waals surface area contributed by atoms with Crippen LogP contribution < -0.4 is 4.74 Å². The first-order valence-corrected chi connectivity index (χ1v) is 8.57. The molecule has 27 heavy (non-hydrogen) atoms. The molecular weight excluding hydrogens is 342 g/mol. The molecule has 0 bridgehead atoms. The van der Waals surface area contributed by atoms with Gasteiger partial charge in [0, 0.05) is 12.7 Å². The lowest BCUT2D eigenvalue weighted by molar-refractivity contribution is -0.136. The largest absolute Gasteiger partial charge is 0.489 e. The third kappa shape index (κ3) is 3.92. The molecule has 0 aromatic heterocycles. The topological polar surface area (TPSA) is 55.8 Å². The standard InChI is InChI=1S/C22H21NO4/c1-15-20(22(25)26-3)19(21(24)23(15)2)13-16-9-11-18(12-10-16)27-14-17-7-5-4-6-8-17/h4-13H,14H2,1-3H3. The number of likely N-dealkylation sites (N-methyl/N-ethyl adjacent to an activating group) is 1. The van der Waals surface area contributed by atoms with E-state index in [1.807, 2.05) is 54.6 Å². The van der Waals surface area contributed by atoms with E-state index in [9.17, 15) is 9.59 Å². The van der Waals surface area contributed by atoms with Crippen molar-refractivity contribution >= 4 is 18.0 Å². The predicted octanol–water partition coefficient (Wildman–Crippen LogP) is 3.57. The van der Waals surface area contributed by atoms with Crippen molar-refractivity contribution in [1.82, 2.24) is 4.90 Å². The van der Waals surface area contributed by atoms with Crippen LogP contribution >= 0.6 is 0 Å². The lowest BCUT2D eigenvalue weighted by Crippen LogP contribution is -2.19. The number of allylic oxidation sites excluding steroid dienone is 1. The first kappa shape index (κ1) is 18.5. The quantitative estimate of drug-likeness (QED) is 0.602. The van der Waals surface area contributed by atoms with Crippen LogP contribution in [0.4, 0.5) is 0 Å². The Kier molecular flexibility index (Phi) is 5.41. The summed E-state index contributed by atoms with van der Waals surface area (Å²) in [5.41, 5.74) is 3.11. The van der Waals surface area contributed by atoms with Crippen molar-refractivity contribution < 1.29 is 19.1 Å². The molecule has 0 unspecified atom stereocenters. The Morgan fingerprint density at radius 2 is 1.74 bits per heavy atom. The van der Waals surface area contributed by atoms with Crippen molar-refractivity contribution in [2.75, 3.05) is 14.2 Å². The number of esters is 1. The number of methoxy groups -OCH3 is 1. The van der Waals surface area contributed by atoms with Gasteiger partial charge in [0.05, 0.1) is 18.3 Å². The van der Waals surface area contributed by atoms with Crippen molar-refractivity contribution in [2.45, 2.75) is 13.5 Å². The molecule has 0 saturated heterocycles. The second kappa shape index (κ2) is 7.91. The number of benzene rings is 2. The molecule has 0 fully saturated rings. The second-order valence-electron chi connectivity index (χ2n) is 6.22. The van der Waals surface area contributed by atoms with Crippen LogP contribution in [0.1, 0.15) is 18.1 Å². The number of hydrogen-bond acceptors (Lipinski definition) is 4. The molecule has 1 amide bonds. The van der Waals surface area contributed by atoms with E-state index >= 15 is 0 Å². The van der Waals surface area contributed by atoms with Gasteiger partial charge in [0.15, 0.2) is 0 Å². The second-order valence-corrected chi connectivity index (χ2v) is 6.22. The van der Waals surface area contributed by atoms with Gasteiger partial charge in [0.25, 0.3) is 5.91 Å². The molecule has 5 heteroatoms. The highest BCUT2D eigenvalue weighted by molar-refractivity contribution is 6.16. The minimum Gasteiger partial charge on any atom is -0.489 e. The zero-order valence-electron chi connectivity index (χ0n) is 15.6. The van der Waals surface area contributed by atoms with Gasteiger partial charge in [-0.2, -0.15) is 0 Å². The molecule has 0 saturated carbocycles. The molecule has 138 valence electrons. The summed E-state index contributed by atoms with van der Waals surface area (Å²) >= 11 is 0. The van der Waals surface area contributed by atoms with Crippen LogP contribution in [0.15, 0.2) is 71.4 Å². The third-order valence-corrected chi connectivity index (χ3v) is 4.50. The SMILES string of the molecule is COC(=O)C1=C(C)N(C)C(=O)C1=Cc1ccc(OCc2ccccc2)cc1. The Morgan fingerprint density at radius 3 is 2.37 bits per heavy atom. The van der Waals surface area contributed by atoms with E-state index in [1.54, 1.807) is 20.0 Å². The summed E-state index contributed by atoms with van der Waals surface area (Å²) in [4.78, 5) is 26.0. The molecule has 2 aromatic carbocycles. The Hall–Kier alpha value is -3.34. The van der Waals surface area contributed by atoms with Gasteiger partial charge in [-0.1, -0.05) is 42.5 Å². The van der Waals surface area contributed by atoms with Gasteiger partial charge in [0.1, 0.15) is 12.4 Å². The van der Waals surface area contributed by atoms with Crippen molar-refractivity contribution in [3.05, 3.63) is 82.6 Å². The van der Waals surface area contributed by atoms with E-state index in [1.165, 1.54) is 12.0 Å². The van der Waals surface area contributed by atoms with Crippen LogP contribution in [-0.2, 0) is 20.9 Å². The summed E-state index contributed by atoms with van der Waals surface area (Å²) in [6, 6.07) is 17.3. The minimum atomic E-state index is -0.515. The van der Waals surface area contributed by atoms with Gasteiger partial charge in [-0.3, -0.25) is 4.79 Å². The van der Waals surface area contributed by atoms with Gasteiger partial charge in [-0.25, -0.2) is 4.79 Å². The average Bonchev–Trinajstić information content (AvgIpc) is 2.91. The van der Waals surface area contributed by atoms with E-state index in [-0.39, 0.29) is 5.91 Å². The van der Waals surface area contributed by atoms with Crippen LogP contribution in [-0.4, -0.2) is 30.9 Å². The molecule has 1 heterocycles. The smallest absolute Gasteiger partial charge is 0.340 e. The van der Waals surface area contributed by atoms with Crippen molar-refractivity contribution in [3.8, 4) is 5.75 Å². The fourth-order valence-electron chi connectivity index (χ4n) is 2.86. The highest BCUT2D eigenvalue weighted by Crippen LogP contribution is 2.30. The van der Waals surface area contributed by atoms with Crippen LogP contribution in [0, 0.1) is 0 Å². The van der Waals surface area contributed by atoms with Crippen LogP contribution in [0.2, 0.25) is 0 Å². The van der Waals surface area contributed by atoms with E-state index in [2.05, 4.69) is 0 Å². The first-order chi connectivity index (χ1) is 13.0. The molecule has 0 radical (unpaired) electrons. The average molecular weight is 363 g/mol.